The number of ether oxygens (including phenoxy) is 1. The van der Waals surface area contributed by atoms with E-state index in [0.29, 0.717) is 29.8 Å². The molecule has 2 aromatic heterocycles. The highest BCUT2D eigenvalue weighted by Gasteiger charge is 2.34. The lowest BCUT2D eigenvalue weighted by Gasteiger charge is -2.24. The summed E-state index contributed by atoms with van der Waals surface area (Å²) in [6, 6.07) is 28.2. The molecule has 0 aliphatic carbocycles. The van der Waals surface area contributed by atoms with E-state index in [2.05, 4.69) is 35.8 Å². The van der Waals surface area contributed by atoms with E-state index < -0.39 is 11.4 Å². The van der Waals surface area contributed by atoms with Crippen LogP contribution in [-0.4, -0.2) is 25.9 Å². The number of halogens is 1. The number of thioether (sulfide) groups is 1. The Kier molecular flexibility index (Phi) is 7.77. The van der Waals surface area contributed by atoms with Gasteiger partial charge in [-0.1, -0.05) is 67.1 Å². The molecule has 0 amide bonds. The Morgan fingerprint density at radius 2 is 1.81 bits per heavy atom. The zero-order valence-corrected chi connectivity index (χ0v) is 25.5. The molecule has 0 saturated heterocycles. The minimum atomic E-state index is -0.918. The molecule has 0 bridgehead atoms. The van der Waals surface area contributed by atoms with Crippen molar-refractivity contribution in [3.05, 3.63) is 112 Å². The van der Waals surface area contributed by atoms with E-state index >= 15 is 0 Å². The Balaban J connectivity index is 1.41. The highest BCUT2D eigenvalue weighted by Crippen LogP contribution is 2.48. The van der Waals surface area contributed by atoms with E-state index in [-0.39, 0.29) is 0 Å². The van der Waals surface area contributed by atoms with Gasteiger partial charge < -0.3 is 14.4 Å². The molecule has 0 radical (unpaired) electrons. The Labute approximate surface area is 255 Å². The van der Waals surface area contributed by atoms with Gasteiger partial charge in [-0.2, -0.15) is 0 Å². The predicted octanol–water partition coefficient (Wildman–Crippen LogP) is 8.67. The Morgan fingerprint density at radius 1 is 1.05 bits per heavy atom. The maximum Gasteiger partial charge on any atom is 0.309 e. The topological polar surface area (TPSA) is 64.3 Å². The predicted molar refractivity (Wildman–Crippen MR) is 171 cm³/mol. The third kappa shape index (κ3) is 5.66. The SMILES string of the molecule is CC1Cc2c(OCc3cccc(-c4ccccc4)n3)ccc3c2c(c(CC(C)(C)C(=O)O)n3Cc2ccc(Cl)cc2)S1. The van der Waals surface area contributed by atoms with Crippen LogP contribution < -0.4 is 4.74 Å². The summed E-state index contributed by atoms with van der Waals surface area (Å²) < 4.78 is 8.77. The number of rotatable bonds is 9. The van der Waals surface area contributed by atoms with Crippen LogP contribution in [0.25, 0.3) is 22.2 Å². The third-order valence-corrected chi connectivity index (χ3v) is 9.35. The molecule has 7 heteroatoms. The lowest BCUT2D eigenvalue weighted by molar-refractivity contribution is -0.146. The van der Waals surface area contributed by atoms with Gasteiger partial charge in [0.2, 0.25) is 0 Å². The van der Waals surface area contributed by atoms with Crippen molar-refractivity contribution in [1.29, 1.82) is 0 Å². The summed E-state index contributed by atoms with van der Waals surface area (Å²) in [4.78, 5) is 18.2. The number of aromatic nitrogens is 2. The van der Waals surface area contributed by atoms with Crippen LogP contribution in [0.3, 0.4) is 0 Å². The molecule has 1 N–H and O–H groups in total. The van der Waals surface area contributed by atoms with Crippen LogP contribution in [0.2, 0.25) is 5.02 Å². The fourth-order valence-corrected chi connectivity index (χ4v) is 7.05. The Bertz CT molecular complexity index is 1760. The van der Waals surface area contributed by atoms with Gasteiger partial charge in [0.1, 0.15) is 12.4 Å². The first-order valence-electron chi connectivity index (χ1n) is 14.2. The van der Waals surface area contributed by atoms with Crippen molar-refractivity contribution in [1.82, 2.24) is 9.55 Å². The normalized spacial score (nSPS) is 14.7. The largest absolute Gasteiger partial charge is 0.487 e. The molecule has 42 heavy (non-hydrogen) atoms. The lowest BCUT2D eigenvalue weighted by Crippen LogP contribution is -2.28. The maximum absolute atomic E-state index is 12.2. The molecule has 1 aliphatic rings. The minimum absolute atomic E-state index is 0.322. The van der Waals surface area contributed by atoms with Crippen molar-refractivity contribution in [2.75, 3.05) is 0 Å². The van der Waals surface area contributed by atoms with E-state index in [1.165, 1.54) is 10.9 Å². The molecule has 1 unspecified atom stereocenters. The first-order valence-corrected chi connectivity index (χ1v) is 15.4. The molecule has 1 atom stereocenters. The number of nitrogens with zero attached hydrogens (tertiary/aromatic N) is 2. The van der Waals surface area contributed by atoms with Gasteiger partial charge in [-0.3, -0.25) is 4.79 Å². The highest BCUT2D eigenvalue weighted by atomic mass is 35.5. The summed E-state index contributed by atoms with van der Waals surface area (Å²) in [5.74, 6) is 0.0526. The van der Waals surface area contributed by atoms with Crippen LogP contribution in [0, 0.1) is 5.41 Å². The summed E-state index contributed by atoms with van der Waals surface area (Å²) in [5.41, 5.74) is 6.39. The number of carbonyl (C=O) groups is 1. The molecule has 3 aromatic carbocycles. The van der Waals surface area contributed by atoms with Crippen LogP contribution in [0.15, 0.2) is 89.8 Å². The second-order valence-corrected chi connectivity index (χ2v) is 13.5. The fourth-order valence-electron chi connectivity index (χ4n) is 5.61. The molecule has 5 aromatic rings. The van der Waals surface area contributed by atoms with Crippen LogP contribution >= 0.6 is 23.4 Å². The standard InChI is InChI=1S/C35H33ClN2O3S/c1-22-18-27-31(41-21-26-10-7-11-28(37-26)24-8-5-4-6-9-24)17-16-29-32(27)33(42-22)30(19-35(2,3)34(39)40)38(29)20-23-12-14-25(36)15-13-23/h4-17,22H,18-21H2,1-3H3,(H,39,40). The van der Waals surface area contributed by atoms with Crippen LogP contribution in [0.1, 0.15) is 43.3 Å². The van der Waals surface area contributed by atoms with Crippen molar-refractivity contribution in [2.45, 2.75) is 56.9 Å². The average Bonchev–Trinajstić information content (AvgIpc) is 3.26. The van der Waals surface area contributed by atoms with Crippen LogP contribution in [0.4, 0.5) is 0 Å². The number of hydrogen-bond acceptors (Lipinski definition) is 4. The smallest absolute Gasteiger partial charge is 0.309 e. The molecular formula is C35H33ClN2O3S. The van der Waals surface area contributed by atoms with Gasteiger partial charge in [0, 0.05) is 50.3 Å². The van der Waals surface area contributed by atoms with Gasteiger partial charge >= 0.3 is 5.97 Å². The van der Waals surface area contributed by atoms with Gasteiger partial charge in [-0.15, -0.1) is 11.8 Å². The maximum atomic E-state index is 12.2. The van der Waals surface area contributed by atoms with Crippen molar-refractivity contribution < 1.29 is 14.6 Å². The van der Waals surface area contributed by atoms with E-state index in [0.717, 1.165) is 50.8 Å². The number of hydrogen-bond donors (Lipinski definition) is 1. The molecule has 1 aliphatic heterocycles. The highest BCUT2D eigenvalue weighted by molar-refractivity contribution is 8.00. The van der Waals surface area contributed by atoms with Gasteiger partial charge in [0.15, 0.2) is 0 Å². The average molecular weight is 597 g/mol. The quantitative estimate of drug-likeness (QED) is 0.184. The second kappa shape index (κ2) is 11.5. The summed E-state index contributed by atoms with van der Waals surface area (Å²) in [7, 11) is 0. The third-order valence-electron chi connectivity index (χ3n) is 7.86. The van der Waals surface area contributed by atoms with Gasteiger partial charge in [-0.05, 0) is 62.2 Å². The summed E-state index contributed by atoms with van der Waals surface area (Å²) in [5, 5.41) is 12.2. The van der Waals surface area contributed by atoms with Gasteiger partial charge in [0.05, 0.1) is 22.3 Å². The second-order valence-electron chi connectivity index (χ2n) is 11.6. The number of pyridine rings is 1. The zero-order valence-electron chi connectivity index (χ0n) is 23.9. The summed E-state index contributed by atoms with van der Waals surface area (Å²) in [6.07, 6.45) is 1.29. The first kappa shape index (κ1) is 28.4. The number of carboxylic acid groups (broad SMARTS) is 1. The molecule has 0 spiro atoms. The molecule has 6 rings (SSSR count). The Morgan fingerprint density at radius 3 is 2.55 bits per heavy atom. The zero-order chi connectivity index (χ0) is 29.4. The van der Waals surface area contributed by atoms with Gasteiger partial charge in [-0.25, -0.2) is 4.98 Å². The number of aliphatic carboxylic acids is 1. The molecule has 214 valence electrons. The lowest BCUT2D eigenvalue weighted by atomic mass is 9.87. The van der Waals surface area contributed by atoms with Crippen molar-refractivity contribution in [3.63, 3.8) is 0 Å². The number of carboxylic acids is 1. The fraction of sp³-hybridized carbons (Fsp3) is 0.257. The molecule has 0 fully saturated rings. The van der Waals surface area contributed by atoms with Crippen molar-refractivity contribution in [3.8, 4) is 17.0 Å². The van der Waals surface area contributed by atoms with E-state index in [9.17, 15) is 9.90 Å². The summed E-state index contributed by atoms with van der Waals surface area (Å²) in [6.45, 7) is 6.82. The van der Waals surface area contributed by atoms with Crippen molar-refractivity contribution >= 4 is 40.2 Å². The monoisotopic (exact) mass is 596 g/mol. The van der Waals surface area contributed by atoms with E-state index in [1.807, 2.05) is 72.4 Å². The molecule has 3 heterocycles. The van der Waals surface area contributed by atoms with Crippen LogP contribution in [0.5, 0.6) is 5.75 Å². The number of benzene rings is 3. The summed E-state index contributed by atoms with van der Waals surface area (Å²) >= 11 is 8.01. The van der Waals surface area contributed by atoms with Crippen molar-refractivity contribution in [2.24, 2.45) is 5.41 Å². The van der Waals surface area contributed by atoms with E-state index in [1.54, 1.807) is 13.8 Å². The molecular weight excluding hydrogens is 564 g/mol. The van der Waals surface area contributed by atoms with Crippen LogP contribution in [-0.2, 0) is 30.8 Å². The Hall–Kier alpha value is -3.74. The minimum Gasteiger partial charge on any atom is -0.487 e. The molecule has 5 nitrogen and oxygen atoms in total. The molecule has 0 saturated carbocycles. The van der Waals surface area contributed by atoms with E-state index in [4.69, 9.17) is 21.3 Å². The first-order chi connectivity index (χ1) is 20.2. The van der Waals surface area contributed by atoms with Gasteiger partial charge in [0.25, 0.3) is 0 Å².